The highest BCUT2D eigenvalue weighted by atomic mass is 32.2. The van der Waals surface area contributed by atoms with Crippen LogP contribution < -0.4 is 4.72 Å². The Morgan fingerprint density at radius 3 is 2.59 bits per heavy atom. The molecule has 1 aromatic carbocycles. The zero-order valence-electron chi connectivity index (χ0n) is 9.01. The van der Waals surface area contributed by atoms with E-state index >= 15 is 0 Å². The van der Waals surface area contributed by atoms with Crippen molar-refractivity contribution in [2.24, 2.45) is 0 Å². The van der Waals surface area contributed by atoms with Crippen LogP contribution in [0.25, 0.3) is 0 Å². The van der Waals surface area contributed by atoms with E-state index in [2.05, 4.69) is 4.72 Å². The molecule has 0 radical (unpaired) electrons. The molecule has 1 N–H and O–H groups in total. The van der Waals surface area contributed by atoms with Gasteiger partial charge in [-0.1, -0.05) is 6.92 Å². The Hall–Kier alpha value is -1.70. The van der Waals surface area contributed by atoms with Crippen LogP contribution in [0.15, 0.2) is 18.2 Å². The quantitative estimate of drug-likeness (QED) is 0.648. The number of halogens is 1. The summed E-state index contributed by atoms with van der Waals surface area (Å²) < 4.78 is 37.9. The molecule has 6 nitrogen and oxygen atoms in total. The number of sulfonamides is 1. The minimum atomic E-state index is -3.58. The Kier molecular flexibility index (Phi) is 4.00. The van der Waals surface area contributed by atoms with Gasteiger partial charge < -0.3 is 0 Å². The fourth-order valence-corrected chi connectivity index (χ4v) is 2.35. The summed E-state index contributed by atoms with van der Waals surface area (Å²) in [4.78, 5) is 9.67. The lowest BCUT2D eigenvalue weighted by atomic mass is 10.3. The number of hydrogen-bond donors (Lipinski definition) is 1. The Labute approximate surface area is 97.7 Å². The number of nitrogens with one attached hydrogen (secondary N) is 1. The van der Waals surface area contributed by atoms with Gasteiger partial charge >= 0.3 is 0 Å². The van der Waals surface area contributed by atoms with Crippen molar-refractivity contribution in [2.45, 2.75) is 13.3 Å². The molecule has 0 saturated heterocycles. The highest BCUT2D eigenvalue weighted by Gasteiger charge is 2.14. The second-order valence-electron chi connectivity index (χ2n) is 3.38. The van der Waals surface area contributed by atoms with Crippen LogP contribution in [-0.2, 0) is 10.0 Å². The first-order valence-electron chi connectivity index (χ1n) is 4.79. The fourth-order valence-electron chi connectivity index (χ4n) is 1.24. The predicted molar refractivity (Wildman–Crippen MR) is 60.8 cm³/mol. The van der Waals surface area contributed by atoms with Crippen molar-refractivity contribution in [2.75, 3.05) is 10.5 Å². The average molecular weight is 262 g/mol. The highest BCUT2D eigenvalue weighted by molar-refractivity contribution is 7.92. The van der Waals surface area contributed by atoms with Gasteiger partial charge in [0.2, 0.25) is 10.0 Å². The minimum Gasteiger partial charge on any atom is -0.283 e. The molecule has 94 valence electrons. The Morgan fingerprint density at radius 2 is 2.06 bits per heavy atom. The van der Waals surface area contributed by atoms with E-state index in [0.717, 1.165) is 18.2 Å². The molecule has 0 aliphatic rings. The summed E-state index contributed by atoms with van der Waals surface area (Å²) >= 11 is 0. The van der Waals surface area contributed by atoms with Crippen LogP contribution in [-0.4, -0.2) is 19.1 Å². The van der Waals surface area contributed by atoms with Gasteiger partial charge in [0.25, 0.3) is 5.69 Å². The molecule has 0 aliphatic carbocycles. The van der Waals surface area contributed by atoms with Crippen LogP contribution in [0.1, 0.15) is 13.3 Å². The summed E-state index contributed by atoms with van der Waals surface area (Å²) in [5, 5.41) is 10.5. The Balaban J connectivity index is 3.03. The molecule has 17 heavy (non-hydrogen) atoms. The van der Waals surface area contributed by atoms with E-state index in [4.69, 9.17) is 0 Å². The SMILES string of the molecule is CCCS(=O)(=O)Nc1cc(F)cc([N+](=O)[O-])c1. The number of benzene rings is 1. The predicted octanol–water partition coefficient (Wildman–Crippen LogP) is 1.89. The molecule has 0 atom stereocenters. The van der Waals surface area contributed by atoms with Crippen molar-refractivity contribution in [3.05, 3.63) is 34.1 Å². The standard InChI is InChI=1S/C9H11FN2O4S/c1-2-3-17(15,16)11-8-4-7(10)5-9(6-8)12(13)14/h4-6,11H,2-3H2,1H3. The average Bonchev–Trinajstić information content (AvgIpc) is 2.15. The van der Waals surface area contributed by atoms with Gasteiger partial charge in [0.15, 0.2) is 0 Å². The molecule has 0 fully saturated rings. The topological polar surface area (TPSA) is 89.3 Å². The lowest BCUT2D eigenvalue weighted by Gasteiger charge is -2.06. The molecule has 8 heteroatoms. The first-order chi connectivity index (χ1) is 7.84. The smallest absolute Gasteiger partial charge is 0.274 e. The van der Waals surface area contributed by atoms with Crippen molar-refractivity contribution in [1.82, 2.24) is 0 Å². The van der Waals surface area contributed by atoms with Gasteiger partial charge in [0.1, 0.15) is 5.82 Å². The minimum absolute atomic E-state index is 0.128. The fraction of sp³-hybridized carbons (Fsp3) is 0.333. The third-order valence-corrected chi connectivity index (χ3v) is 3.33. The maximum atomic E-state index is 13.0. The van der Waals surface area contributed by atoms with Crippen molar-refractivity contribution in [3.63, 3.8) is 0 Å². The monoisotopic (exact) mass is 262 g/mol. The molecule has 0 bridgehead atoms. The van der Waals surface area contributed by atoms with Crippen molar-refractivity contribution in [1.29, 1.82) is 0 Å². The van der Waals surface area contributed by atoms with E-state index in [1.165, 1.54) is 0 Å². The summed E-state index contributed by atoms with van der Waals surface area (Å²) in [6.07, 6.45) is 0.396. The van der Waals surface area contributed by atoms with Crippen molar-refractivity contribution < 1.29 is 17.7 Å². The lowest BCUT2D eigenvalue weighted by molar-refractivity contribution is -0.385. The normalized spacial score (nSPS) is 11.2. The van der Waals surface area contributed by atoms with Gasteiger partial charge in [-0.3, -0.25) is 14.8 Å². The van der Waals surface area contributed by atoms with Crippen LogP contribution in [0.2, 0.25) is 0 Å². The maximum Gasteiger partial charge on any atom is 0.274 e. The van der Waals surface area contributed by atoms with Gasteiger partial charge in [0.05, 0.1) is 22.4 Å². The number of nitro benzene ring substituents is 1. The summed E-state index contributed by atoms with van der Waals surface area (Å²) in [7, 11) is -3.58. The summed E-state index contributed by atoms with van der Waals surface area (Å²) in [5.41, 5.74) is -0.649. The Bertz CT molecular complexity index is 530. The maximum absolute atomic E-state index is 13.0. The van der Waals surface area contributed by atoms with Crippen LogP contribution in [0.5, 0.6) is 0 Å². The molecule has 0 aliphatic heterocycles. The van der Waals surface area contributed by atoms with E-state index in [-0.39, 0.29) is 11.4 Å². The van der Waals surface area contributed by atoms with Gasteiger partial charge in [-0.15, -0.1) is 0 Å². The molecule has 0 spiro atoms. The second-order valence-corrected chi connectivity index (χ2v) is 5.22. The third-order valence-electron chi connectivity index (χ3n) is 1.84. The first-order valence-corrected chi connectivity index (χ1v) is 6.45. The van der Waals surface area contributed by atoms with Gasteiger partial charge in [-0.2, -0.15) is 0 Å². The van der Waals surface area contributed by atoms with Gasteiger partial charge in [-0.05, 0) is 12.5 Å². The number of rotatable bonds is 5. The number of nitro groups is 1. The molecule has 1 aromatic rings. The van der Waals surface area contributed by atoms with E-state index in [1.54, 1.807) is 6.92 Å². The zero-order valence-corrected chi connectivity index (χ0v) is 9.83. The number of anilines is 1. The first kappa shape index (κ1) is 13.4. The van der Waals surface area contributed by atoms with E-state index < -0.39 is 26.5 Å². The summed E-state index contributed by atoms with van der Waals surface area (Å²) in [5.74, 6) is -0.995. The molecule has 0 amide bonds. The largest absolute Gasteiger partial charge is 0.283 e. The van der Waals surface area contributed by atoms with Crippen LogP contribution in [0, 0.1) is 15.9 Å². The van der Waals surface area contributed by atoms with E-state index in [0.29, 0.717) is 6.42 Å². The van der Waals surface area contributed by atoms with Crippen molar-refractivity contribution in [3.8, 4) is 0 Å². The number of non-ortho nitro benzene ring substituents is 1. The molecule has 0 saturated carbocycles. The molecule has 1 rings (SSSR count). The van der Waals surface area contributed by atoms with Crippen LogP contribution in [0.4, 0.5) is 15.8 Å². The lowest BCUT2D eigenvalue weighted by Crippen LogP contribution is -2.16. The molecule has 0 unspecified atom stereocenters. The summed E-state index contributed by atoms with van der Waals surface area (Å²) in [6, 6.07) is 2.58. The van der Waals surface area contributed by atoms with Crippen LogP contribution in [0.3, 0.4) is 0 Å². The number of hydrogen-bond acceptors (Lipinski definition) is 4. The van der Waals surface area contributed by atoms with E-state index in [1.807, 2.05) is 0 Å². The Morgan fingerprint density at radius 1 is 1.41 bits per heavy atom. The highest BCUT2D eigenvalue weighted by Crippen LogP contribution is 2.20. The van der Waals surface area contributed by atoms with Gasteiger partial charge in [0, 0.05) is 6.07 Å². The zero-order chi connectivity index (χ0) is 13.1. The van der Waals surface area contributed by atoms with Crippen molar-refractivity contribution >= 4 is 21.4 Å². The van der Waals surface area contributed by atoms with Gasteiger partial charge in [-0.25, -0.2) is 12.8 Å². The van der Waals surface area contributed by atoms with E-state index in [9.17, 15) is 22.9 Å². The number of nitrogens with zero attached hydrogens (tertiary/aromatic N) is 1. The molecular formula is C9H11FN2O4S. The second kappa shape index (κ2) is 5.09. The molecule has 0 aromatic heterocycles. The summed E-state index contributed by atoms with van der Waals surface area (Å²) in [6.45, 7) is 1.67. The third kappa shape index (κ3) is 3.99. The molecule has 0 heterocycles. The molecular weight excluding hydrogens is 251 g/mol. The van der Waals surface area contributed by atoms with Crippen LogP contribution >= 0.6 is 0 Å².